The molecule has 1 saturated carbocycles. The van der Waals surface area contributed by atoms with Crippen LogP contribution in [-0.2, 0) is 11.3 Å². The fourth-order valence-electron chi connectivity index (χ4n) is 3.81. The second-order valence-corrected chi connectivity index (χ2v) is 7.26. The molecule has 0 atom stereocenters. The van der Waals surface area contributed by atoms with Gasteiger partial charge in [-0.3, -0.25) is 9.59 Å². The molecule has 0 bridgehead atoms. The van der Waals surface area contributed by atoms with E-state index < -0.39 is 11.8 Å². The summed E-state index contributed by atoms with van der Waals surface area (Å²) >= 11 is 0. The van der Waals surface area contributed by atoms with Crippen molar-refractivity contribution in [1.29, 1.82) is 0 Å². The van der Waals surface area contributed by atoms with Crippen molar-refractivity contribution in [3.05, 3.63) is 58.2 Å². The van der Waals surface area contributed by atoms with Crippen molar-refractivity contribution in [2.24, 2.45) is 0 Å². The summed E-state index contributed by atoms with van der Waals surface area (Å²) in [6, 6.07) is 5.33. The highest BCUT2D eigenvalue weighted by Gasteiger charge is 2.36. The summed E-state index contributed by atoms with van der Waals surface area (Å²) < 4.78 is 19.8. The third-order valence-corrected chi connectivity index (χ3v) is 5.39. The van der Waals surface area contributed by atoms with Gasteiger partial charge in [0, 0.05) is 29.4 Å². The highest BCUT2D eigenvalue weighted by atomic mass is 19.1. The van der Waals surface area contributed by atoms with Crippen LogP contribution in [0.15, 0.2) is 24.3 Å². The average Bonchev–Trinajstić information content (AvgIpc) is 3.50. The molecule has 0 saturated heterocycles. The molecular formula is C22H25FN2O4. The van der Waals surface area contributed by atoms with E-state index in [0.717, 1.165) is 12.8 Å². The maximum Gasteiger partial charge on any atom is 0.354 e. The number of rotatable bonds is 7. The minimum Gasteiger partial charge on any atom is -0.464 e. The van der Waals surface area contributed by atoms with Gasteiger partial charge in [0.25, 0.3) is 5.91 Å². The van der Waals surface area contributed by atoms with Gasteiger partial charge in [-0.05, 0) is 63.4 Å². The number of halogens is 1. The lowest BCUT2D eigenvalue weighted by Gasteiger charge is -2.22. The lowest BCUT2D eigenvalue weighted by molar-refractivity contribution is 0.0587. The fraction of sp³-hybridized carbons (Fsp3) is 0.409. The summed E-state index contributed by atoms with van der Waals surface area (Å²) in [6.07, 6.45) is 1.67. The van der Waals surface area contributed by atoms with Crippen LogP contribution in [0.1, 0.15) is 62.2 Å². The average molecular weight is 400 g/mol. The van der Waals surface area contributed by atoms with Crippen molar-refractivity contribution in [2.75, 3.05) is 13.7 Å². The number of ether oxygens (including phenoxy) is 1. The van der Waals surface area contributed by atoms with Crippen LogP contribution in [0.25, 0.3) is 0 Å². The molecule has 154 valence electrons. The first-order chi connectivity index (χ1) is 13.8. The predicted octanol–water partition coefficient (Wildman–Crippen LogP) is 3.54. The molecule has 1 aliphatic rings. The van der Waals surface area contributed by atoms with Crippen LogP contribution < -0.4 is 0 Å². The zero-order valence-corrected chi connectivity index (χ0v) is 17.1. The SMILES string of the molecule is CCn1c(C)c(C(=O)CN(C(=O)c2ccc(F)cc2)C2CC2)c(C)c1C(=O)OC. The first-order valence-electron chi connectivity index (χ1n) is 9.67. The Labute approximate surface area is 169 Å². The number of amides is 1. The topological polar surface area (TPSA) is 68.6 Å². The first-order valence-corrected chi connectivity index (χ1v) is 9.67. The molecule has 0 unspecified atom stereocenters. The third kappa shape index (κ3) is 3.95. The lowest BCUT2D eigenvalue weighted by atomic mass is 10.0. The summed E-state index contributed by atoms with van der Waals surface area (Å²) in [5.74, 6) is -1.43. The third-order valence-electron chi connectivity index (χ3n) is 5.39. The zero-order chi connectivity index (χ0) is 21.3. The molecule has 1 aromatic heterocycles. The molecule has 7 heteroatoms. The monoisotopic (exact) mass is 400 g/mol. The van der Waals surface area contributed by atoms with E-state index in [2.05, 4.69) is 0 Å². The number of ketones is 1. The Hall–Kier alpha value is -2.96. The normalized spacial score (nSPS) is 13.3. The number of nitrogens with zero attached hydrogens (tertiary/aromatic N) is 2. The van der Waals surface area contributed by atoms with Gasteiger partial charge < -0.3 is 14.2 Å². The summed E-state index contributed by atoms with van der Waals surface area (Å²) in [5, 5.41) is 0. The first kappa shape index (κ1) is 20.8. The maximum absolute atomic E-state index is 13.2. The molecule has 0 radical (unpaired) electrons. The smallest absolute Gasteiger partial charge is 0.354 e. The Morgan fingerprint density at radius 3 is 2.31 bits per heavy atom. The molecule has 1 aromatic carbocycles. The van der Waals surface area contributed by atoms with Crippen molar-refractivity contribution < 1.29 is 23.5 Å². The van der Waals surface area contributed by atoms with Gasteiger partial charge in [0.05, 0.1) is 13.7 Å². The summed E-state index contributed by atoms with van der Waals surface area (Å²) in [6.45, 7) is 5.84. The maximum atomic E-state index is 13.2. The number of carbonyl (C=O) groups excluding carboxylic acids is 3. The molecule has 1 heterocycles. The van der Waals surface area contributed by atoms with E-state index in [4.69, 9.17) is 4.74 Å². The molecule has 0 N–H and O–H groups in total. The van der Waals surface area contributed by atoms with Gasteiger partial charge in [-0.2, -0.15) is 0 Å². The van der Waals surface area contributed by atoms with Crippen LogP contribution >= 0.6 is 0 Å². The number of hydrogen-bond acceptors (Lipinski definition) is 4. The highest BCUT2D eigenvalue weighted by Crippen LogP contribution is 2.30. The van der Waals surface area contributed by atoms with Gasteiger partial charge >= 0.3 is 5.97 Å². The molecule has 0 spiro atoms. The van der Waals surface area contributed by atoms with Crippen LogP contribution in [0.4, 0.5) is 4.39 Å². The van der Waals surface area contributed by atoms with Gasteiger partial charge in [0.2, 0.25) is 0 Å². The van der Waals surface area contributed by atoms with Crippen LogP contribution in [0.5, 0.6) is 0 Å². The van der Waals surface area contributed by atoms with Crippen LogP contribution in [0.2, 0.25) is 0 Å². The number of hydrogen-bond donors (Lipinski definition) is 0. The van der Waals surface area contributed by atoms with Crippen molar-refractivity contribution in [1.82, 2.24) is 9.47 Å². The molecule has 2 aromatic rings. The summed E-state index contributed by atoms with van der Waals surface area (Å²) in [5.41, 5.74) is 2.40. The summed E-state index contributed by atoms with van der Waals surface area (Å²) in [4.78, 5) is 39.9. The Bertz CT molecular complexity index is 958. The number of carbonyl (C=O) groups is 3. The van der Waals surface area contributed by atoms with E-state index in [0.29, 0.717) is 34.6 Å². The predicted molar refractivity (Wildman–Crippen MR) is 106 cm³/mol. The Morgan fingerprint density at radius 2 is 1.79 bits per heavy atom. The second-order valence-electron chi connectivity index (χ2n) is 7.26. The van der Waals surface area contributed by atoms with E-state index in [9.17, 15) is 18.8 Å². The minimum atomic E-state index is -0.493. The van der Waals surface area contributed by atoms with Gasteiger partial charge in [0.1, 0.15) is 11.5 Å². The van der Waals surface area contributed by atoms with E-state index >= 15 is 0 Å². The largest absolute Gasteiger partial charge is 0.464 e. The van der Waals surface area contributed by atoms with Gasteiger partial charge in [-0.25, -0.2) is 9.18 Å². The number of Topliss-reactive ketones (excluding diaryl/α,β-unsaturated/α-hetero) is 1. The quantitative estimate of drug-likeness (QED) is 0.527. The van der Waals surface area contributed by atoms with E-state index in [1.54, 1.807) is 23.3 Å². The fourth-order valence-corrected chi connectivity index (χ4v) is 3.81. The molecule has 6 nitrogen and oxygen atoms in total. The lowest BCUT2D eigenvalue weighted by Crippen LogP contribution is -2.37. The molecule has 1 aliphatic carbocycles. The Kier molecular flexibility index (Phi) is 5.86. The second kappa shape index (κ2) is 8.19. The van der Waals surface area contributed by atoms with Crippen LogP contribution in [0.3, 0.4) is 0 Å². The van der Waals surface area contributed by atoms with Gasteiger partial charge in [-0.1, -0.05) is 0 Å². The minimum absolute atomic E-state index is 0.00505. The zero-order valence-electron chi connectivity index (χ0n) is 17.1. The number of aromatic nitrogens is 1. The Balaban J connectivity index is 1.91. The van der Waals surface area contributed by atoms with E-state index in [1.165, 1.54) is 31.4 Å². The number of esters is 1. The molecule has 0 aliphatic heterocycles. The summed E-state index contributed by atoms with van der Waals surface area (Å²) in [7, 11) is 1.31. The van der Waals surface area contributed by atoms with E-state index in [1.807, 2.05) is 6.92 Å². The van der Waals surface area contributed by atoms with Crippen molar-refractivity contribution in [3.8, 4) is 0 Å². The van der Waals surface area contributed by atoms with E-state index in [-0.39, 0.29) is 24.3 Å². The molecule has 1 fully saturated rings. The number of benzene rings is 1. The standard InChI is InChI=1S/C22H25FN2O4/c1-5-24-14(3)19(13(2)20(24)22(28)29-4)18(26)12-25(17-10-11-17)21(27)15-6-8-16(23)9-7-15/h6-9,17H,5,10-12H2,1-4H3. The van der Waals surface area contributed by atoms with Crippen LogP contribution in [0, 0.1) is 19.7 Å². The Morgan fingerprint density at radius 1 is 1.17 bits per heavy atom. The van der Waals surface area contributed by atoms with Crippen molar-refractivity contribution in [3.63, 3.8) is 0 Å². The molecular weight excluding hydrogens is 375 g/mol. The van der Waals surface area contributed by atoms with Gasteiger partial charge in [0.15, 0.2) is 5.78 Å². The van der Waals surface area contributed by atoms with Crippen molar-refractivity contribution >= 4 is 17.7 Å². The number of methoxy groups -OCH3 is 1. The molecule has 3 rings (SSSR count). The van der Waals surface area contributed by atoms with Crippen LogP contribution in [-0.4, -0.2) is 46.8 Å². The highest BCUT2D eigenvalue weighted by molar-refractivity contribution is 6.06. The molecule has 29 heavy (non-hydrogen) atoms. The van der Waals surface area contributed by atoms with Crippen molar-refractivity contribution in [2.45, 2.75) is 46.2 Å². The van der Waals surface area contributed by atoms with Gasteiger partial charge in [-0.15, -0.1) is 0 Å². The molecule has 1 amide bonds.